The zero-order chi connectivity index (χ0) is 13.1. The van der Waals surface area contributed by atoms with Crippen LogP contribution >= 0.6 is 0 Å². The van der Waals surface area contributed by atoms with Crippen LogP contribution in [-0.4, -0.2) is 33.8 Å². The van der Waals surface area contributed by atoms with Crippen molar-refractivity contribution in [1.29, 1.82) is 0 Å². The molecule has 0 spiro atoms. The molecule has 1 fully saturated rings. The van der Waals surface area contributed by atoms with Gasteiger partial charge in [0.1, 0.15) is 5.75 Å². The van der Waals surface area contributed by atoms with Gasteiger partial charge in [-0.15, -0.1) is 0 Å². The van der Waals surface area contributed by atoms with Gasteiger partial charge in [-0.25, -0.2) is 0 Å². The molecule has 3 nitrogen and oxygen atoms in total. The van der Waals surface area contributed by atoms with Crippen LogP contribution in [0.2, 0.25) is 0 Å². The molecule has 0 aliphatic carbocycles. The molecule has 1 atom stereocenters. The molecule has 3 heteroatoms. The lowest BCUT2D eigenvalue weighted by atomic mass is 10.1. The maximum atomic E-state index is 5.42. The highest BCUT2D eigenvalue weighted by Crippen LogP contribution is 2.28. The van der Waals surface area contributed by atoms with E-state index in [-0.39, 0.29) is 0 Å². The Morgan fingerprint density at radius 2 is 2.00 bits per heavy atom. The van der Waals surface area contributed by atoms with E-state index in [1.807, 2.05) is 0 Å². The molecule has 0 radical (unpaired) electrons. The minimum absolute atomic E-state index is 0.776. The van der Waals surface area contributed by atoms with E-state index in [1.54, 1.807) is 7.11 Å². The lowest BCUT2D eigenvalue weighted by molar-refractivity contribution is 0.408. The molecule has 1 unspecified atom stereocenters. The predicted molar refractivity (Wildman–Crippen MR) is 76.7 cm³/mol. The Morgan fingerprint density at radius 3 is 2.50 bits per heavy atom. The summed E-state index contributed by atoms with van der Waals surface area (Å²) in [5, 5.41) is 3.42. The lowest BCUT2D eigenvalue weighted by Gasteiger charge is -2.24. The summed E-state index contributed by atoms with van der Waals surface area (Å²) in [4.78, 5) is 2.36. The molecule has 2 rings (SSSR count). The fourth-order valence-electron chi connectivity index (χ4n) is 2.83. The van der Waals surface area contributed by atoms with Crippen molar-refractivity contribution in [3.63, 3.8) is 0 Å². The zero-order valence-corrected chi connectivity index (χ0v) is 11.9. The van der Waals surface area contributed by atoms with Crippen molar-refractivity contribution in [2.75, 3.05) is 38.7 Å². The number of nitrogens with one attached hydrogen (secondary N) is 1. The summed E-state index contributed by atoms with van der Waals surface area (Å²) in [5.74, 6) is 1.78. The number of ether oxygens (including phenoxy) is 1. The van der Waals surface area contributed by atoms with E-state index >= 15 is 0 Å². The van der Waals surface area contributed by atoms with Gasteiger partial charge in [-0.3, -0.25) is 0 Å². The van der Waals surface area contributed by atoms with Gasteiger partial charge >= 0.3 is 0 Å². The van der Waals surface area contributed by atoms with E-state index in [0.717, 1.165) is 24.8 Å². The van der Waals surface area contributed by atoms with Gasteiger partial charge in [0.25, 0.3) is 0 Å². The van der Waals surface area contributed by atoms with Crippen molar-refractivity contribution >= 4 is 5.69 Å². The molecule has 1 aliphatic heterocycles. The van der Waals surface area contributed by atoms with Gasteiger partial charge in [-0.05, 0) is 62.5 Å². The Bertz CT molecular complexity index is 388. The number of hydrogen-bond acceptors (Lipinski definition) is 3. The van der Waals surface area contributed by atoms with Crippen LogP contribution in [-0.2, 0) is 0 Å². The quantitative estimate of drug-likeness (QED) is 0.885. The van der Waals surface area contributed by atoms with Crippen LogP contribution in [0, 0.1) is 19.8 Å². The normalized spacial score (nSPS) is 19.0. The van der Waals surface area contributed by atoms with E-state index in [1.165, 1.54) is 29.8 Å². The second kappa shape index (κ2) is 5.61. The average molecular weight is 248 g/mol. The number of nitrogens with zero attached hydrogens (tertiary/aromatic N) is 1. The second-order valence-corrected chi connectivity index (χ2v) is 5.35. The van der Waals surface area contributed by atoms with E-state index in [2.05, 4.69) is 43.2 Å². The molecule has 1 N–H and O–H groups in total. The van der Waals surface area contributed by atoms with Crippen molar-refractivity contribution in [1.82, 2.24) is 5.32 Å². The van der Waals surface area contributed by atoms with Crippen LogP contribution < -0.4 is 15.0 Å². The van der Waals surface area contributed by atoms with Crippen LogP contribution in [0.4, 0.5) is 5.69 Å². The Balaban J connectivity index is 2.12. The monoisotopic (exact) mass is 248 g/mol. The molecular formula is C15H24N2O. The first-order valence-corrected chi connectivity index (χ1v) is 6.69. The third kappa shape index (κ3) is 2.78. The smallest absolute Gasteiger partial charge is 0.124 e. The van der Waals surface area contributed by atoms with E-state index < -0.39 is 0 Å². The molecule has 0 saturated carbocycles. The van der Waals surface area contributed by atoms with E-state index in [0.29, 0.717) is 0 Å². The number of rotatable bonds is 4. The van der Waals surface area contributed by atoms with E-state index in [4.69, 9.17) is 4.74 Å². The fraction of sp³-hybridized carbons (Fsp3) is 0.600. The first kappa shape index (κ1) is 13.2. The predicted octanol–water partition coefficient (Wildman–Crippen LogP) is 2.36. The van der Waals surface area contributed by atoms with Crippen LogP contribution in [0.1, 0.15) is 17.5 Å². The summed E-state index contributed by atoms with van der Waals surface area (Å²) in [5.41, 5.74) is 3.71. The first-order chi connectivity index (χ1) is 8.61. The summed E-state index contributed by atoms with van der Waals surface area (Å²) < 4.78 is 5.42. The molecular weight excluding hydrogens is 224 g/mol. The standard InChI is InChI=1S/C15H24N2O/c1-11-7-14(8-12(2)15(11)18-4)17(3)10-13-5-6-16-9-13/h7-8,13,16H,5-6,9-10H2,1-4H3. The fourth-order valence-corrected chi connectivity index (χ4v) is 2.83. The first-order valence-electron chi connectivity index (χ1n) is 6.69. The maximum absolute atomic E-state index is 5.42. The second-order valence-electron chi connectivity index (χ2n) is 5.35. The Morgan fingerprint density at radius 1 is 1.33 bits per heavy atom. The summed E-state index contributed by atoms with van der Waals surface area (Å²) in [7, 11) is 3.92. The molecule has 0 bridgehead atoms. The maximum Gasteiger partial charge on any atom is 0.124 e. The highest BCUT2D eigenvalue weighted by molar-refractivity contribution is 5.56. The van der Waals surface area contributed by atoms with Gasteiger partial charge in [0, 0.05) is 19.3 Å². The van der Waals surface area contributed by atoms with E-state index in [9.17, 15) is 0 Å². The van der Waals surface area contributed by atoms with Gasteiger partial charge < -0.3 is 15.0 Å². The summed E-state index contributed by atoms with van der Waals surface area (Å²) in [6, 6.07) is 4.43. The Labute approximate surface area is 110 Å². The number of methoxy groups -OCH3 is 1. The van der Waals surface area contributed by atoms with Crippen LogP contribution in [0.15, 0.2) is 12.1 Å². The number of aryl methyl sites for hydroxylation is 2. The number of hydrogen-bond donors (Lipinski definition) is 1. The molecule has 1 aromatic carbocycles. The largest absolute Gasteiger partial charge is 0.496 e. The molecule has 18 heavy (non-hydrogen) atoms. The third-order valence-electron chi connectivity index (χ3n) is 3.78. The van der Waals surface area contributed by atoms with Crippen molar-refractivity contribution in [3.8, 4) is 5.75 Å². The Hall–Kier alpha value is -1.22. The average Bonchev–Trinajstić information content (AvgIpc) is 2.81. The third-order valence-corrected chi connectivity index (χ3v) is 3.78. The van der Waals surface area contributed by atoms with Crippen molar-refractivity contribution in [2.45, 2.75) is 20.3 Å². The summed E-state index contributed by atoms with van der Waals surface area (Å²) in [6.45, 7) is 7.66. The Kier molecular flexibility index (Phi) is 4.12. The van der Waals surface area contributed by atoms with Crippen LogP contribution in [0.25, 0.3) is 0 Å². The molecule has 1 aromatic rings. The SMILES string of the molecule is COc1c(C)cc(N(C)CC2CCNC2)cc1C. The summed E-state index contributed by atoms with van der Waals surface area (Å²) >= 11 is 0. The van der Waals surface area contributed by atoms with Gasteiger partial charge in [0.2, 0.25) is 0 Å². The molecule has 0 amide bonds. The molecule has 1 heterocycles. The van der Waals surface area contributed by atoms with Crippen LogP contribution in [0.5, 0.6) is 5.75 Å². The number of benzene rings is 1. The minimum atomic E-state index is 0.776. The van der Waals surface area contributed by atoms with Gasteiger partial charge in [0.15, 0.2) is 0 Å². The summed E-state index contributed by atoms with van der Waals surface area (Å²) in [6.07, 6.45) is 1.29. The molecule has 1 aliphatic rings. The highest BCUT2D eigenvalue weighted by atomic mass is 16.5. The topological polar surface area (TPSA) is 24.5 Å². The van der Waals surface area contributed by atoms with Gasteiger partial charge in [-0.2, -0.15) is 0 Å². The van der Waals surface area contributed by atoms with Crippen molar-refractivity contribution in [3.05, 3.63) is 23.3 Å². The van der Waals surface area contributed by atoms with Crippen molar-refractivity contribution in [2.24, 2.45) is 5.92 Å². The van der Waals surface area contributed by atoms with Crippen molar-refractivity contribution < 1.29 is 4.74 Å². The van der Waals surface area contributed by atoms with Gasteiger partial charge in [0.05, 0.1) is 7.11 Å². The lowest BCUT2D eigenvalue weighted by Crippen LogP contribution is -2.26. The number of anilines is 1. The molecule has 0 aromatic heterocycles. The molecule has 1 saturated heterocycles. The van der Waals surface area contributed by atoms with Gasteiger partial charge in [-0.1, -0.05) is 0 Å². The molecule has 100 valence electrons. The van der Waals surface area contributed by atoms with Crippen LogP contribution in [0.3, 0.4) is 0 Å². The highest BCUT2D eigenvalue weighted by Gasteiger charge is 2.17. The zero-order valence-electron chi connectivity index (χ0n) is 11.9. The minimum Gasteiger partial charge on any atom is -0.496 e.